The number of aliphatic carboxylic acids is 1. The van der Waals surface area contributed by atoms with Crippen LogP contribution in [0.5, 0.6) is 0 Å². The summed E-state index contributed by atoms with van der Waals surface area (Å²) in [7, 11) is 0. The lowest BCUT2D eigenvalue weighted by Gasteiger charge is -2.30. The van der Waals surface area contributed by atoms with Crippen LogP contribution in [0.25, 0.3) is 0 Å². The Bertz CT molecular complexity index is 845. The quantitative estimate of drug-likeness (QED) is 0.317. The minimum Gasteiger partial charge on any atom is -0.480 e. The number of likely N-dealkylation sites (tertiary alicyclic amines) is 1. The van der Waals surface area contributed by atoms with Crippen LogP contribution in [-0.2, 0) is 25.6 Å². The number of carboxylic acid groups (broad SMARTS) is 1. The molecule has 5 atom stereocenters. The Hall–Kier alpha value is -2.98. The SMILES string of the molecule is CC(C)[C@H](NC(=O)[C@@H]1CCCN1C(=O)[C@@H](N)[C@@H](C)O)C(=O)N[C@@H](Cc1ccccc1)C(=O)O. The molecule has 0 aromatic heterocycles. The van der Waals surface area contributed by atoms with E-state index in [0.29, 0.717) is 19.4 Å². The van der Waals surface area contributed by atoms with Crippen molar-refractivity contribution in [2.24, 2.45) is 11.7 Å². The molecule has 10 heteroatoms. The first kappa shape index (κ1) is 26.3. The van der Waals surface area contributed by atoms with Gasteiger partial charge >= 0.3 is 5.97 Å². The van der Waals surface area contributed by atoms with E-state index in [0.717, 1.165) is 5.56 Å². The average Bonchev–Trinajstić information content (AvgIpc) is 3.26. The number of aliphatic hydroxyl groups excluding tert-OH is 1. The highest BCUT2D eigenvalue weighted by atomic mass is 16.4. The van der Waals surface area contributed by atoms with Crippen LogP contribution < -0.4 is 16.4 Å². The van der Waals surface area contributed by atoms with Gasteiger partial charge in [-0.2, -0.15) is 0 Å². The number of carbonyl (C=O) groups is 4. The minimum atomic E-state index is -1.18. The van der Waals surface area contributed by atoms with Crippen LogP contribution in [0.3, 0.4) is 0 Å². The molecule has 6 N–H and O–H groups in total. The highest BCUT2D eigenvalue weighted by Crippen LogP contribution is 2.19. The smallest absolute Gasteiger partial charge is 0.326 e. The van der Waals surface area contributed by atoms with Gasteiger partial charge in [0.05, 0.1) is 6.10 Å². The molecule has 10 nitrogen and oxygen atoms in total. The highest BCUT2D eigenvalue weighted by molar-refractivity contribution is 5.94. The third-order valence-corrected chi connectivity index (χ3v) is 5.79. The number of nitrogens with zero attached hydrogens (tertiary/aromatic N) is 1. The summed E-state index contributed by atoms with van der Waals surface area (Å²) < 4.78 is 0. The minimum absolute atomic E-state index is 0.100. The standard InChI is InChI=1S/C23H34N4O6/c1-13(2)19(21(30)25-16(23(32)33)12-15-8-5-4-6-9-15)26-20(29)17-10-7-11-27(17)22(31)18(24)14(3)28/h4-6,8-9,13-14,16-19,28H,7,10-12,24H2,1-3H3,(H,25,30)(H,26,29)(H,32,33)/t14-,16+,17+,18+,19+/m1/s1. The number of hydrogen-bond acceptors (Lipinski definition) is 6. The maximum Gasteiger partial charge on any atom is 0.326 e. The number of benzene rings is 1. The number of hydrogen-bond donors (Lipinski definition) is 5. The molecule has 0 unspecified atom stereocenters. The zero-order chi connectivity index (χ0) is 24.7. The van der Waals surface area contributed by atoms with Gasteiger partial charge in [-0.15, -0.1) is 0 Å². The van der Waals surface area contributed by atoms with Crippen molar-refractivity contribution in [1.82, 2.24) is 15.5 Å². The molecule has 1 aliphatic rings. The van der Waals surface area contributed by atoms with Gasteiger partial charge < -0.3 is 31.5 Å². The number of aliphatic hydroxyl groups is 1. The zero-order valence-corrected chi connectivity index (χ0v) is 19.2. The van der Waals surface area contributed by atoms with Gasteiger partial charge in [-0.3, -0.25) is 14.4 Å². The van der Waals surface area contributed by atoms with Crippen molar-refractivity contribution in [3.63, 3.8) is 0 Å². The topological polar surface area (TPSA) is 162 Å². The molecular formula is C23H34N4O6. The normalized spacial score (nSPS) is 19.5. The molecule has 1 fully saturated rings. The van der Waals surface area contributed by atoms with E-state index in [1.165, 1.54) is 11.8 Å². The molecule has 0 spiro atoms. The van der Waals surface area contributed by atoms with Crippen LogP contribution in [0.4, 0.5) is 0 Å². The maximum absolute atomic E-state index is 13.0. The second kappa shape index (κ2) is 11.8. The third kappa shape index (κ3) is 7.00. The molecule has 0 bridgehead atoms. The van der Waals surface area contributed by atoms with Crippen molar-refractivity contribution in [3.8, 4) is 0 Å². The van der Waals surface area contributed by atoms with Crippen molar-refractivity contribution in [2.75, 3.05) is 6.54 Å². The summed E-state index contributed by atoms with van der Waals surface area (Å²) in [6.45, 7) is 5.20. The molecule has 1 aromatic rings. The highest BCUT2D eigenvalue weighted by Gasteiger charge is 2.39. The Morgan fingerprint density at radius 3 is 2.30 bits per heavy atom. The Labute approximate surface area is 193 Å². The van der Waals surface area contributed by atoms with E-state index in [1.807, 2.05) is 6.07 Å². The van der Waals surface area contributed by atoms with Crippen LogP contribution in [0.15, 0.2) is 30.3 Å². The van der Waals surface area contributed by atoms with Crippen LogP contribution >= 0.6 is 0 Å². The molecule has 33 heavy (non-hydrogen) atoms. The number of rotatable bonds is 10. The Kier molecular flexibility index (Phi) is 9.36. The van der Waals surface area contributed by atoms with Gasteiger partial charge in [-0.1, -0.05) is 44.2 Å². The lowest BCUT2D eigenvalue weighted by molar-refractivity contribution is -0.144. The first-order valence-corrected chi connectivity index (χ1v) is 11.1. The second-order valence-corrected chi connectivity index (χ2v) is 8.78. The Morgan fingerprint density at radius 1 is 1.12 bits per heavy atom. The lowest BCUT2D eigenvalue weighted by atomic mass is 10.0. The molecule has 0 saturated carbocycles. The van der Waals surface area contributed by atoms with Crippen LogP contribution in [0, 0.1) is 5.92 Å². The van der Waals surface area contributed by atoms with E-state index >= 15 is 0 Å². The monoisotopic (exact) mass is 462 g/mol. The van der Waals surface area contributed by atoms with Gasteiger partial charge in [0.1, 0.15) is 24.2 Å². The predicted molar refractivity (Wildman–Crippen MR) is 121 cm³/mol. The average molecular weight is 463 g/mol. The fourth-order valence-corrected chi connectivity index (χ4v) is 3.80. The van der Waals surface area contributed by atoms with E-state index in [9.17, 15) is 29.4 Å². The molecule has 182 valence electrons. The lowest BCUT2D eigenvalue weighted by Crippen LogP contribution is -2.58. The summed E-state index contributed by atoms with van der Waals surface area (Å²) in [5, 5.41) is 24.4. The fraction of sp³-hybridized carbons (Fsp3) is 0.565. The van der Waals surface area contributed by atoms with E-state index in [-0.39, 0.29) is 12.3 Å². The summed E-state index contributed by atoms with van der Waals surface area (Å²) in [5.74, 6) is -3.16. The number of amides is 3. The predicted octanol–water partition coefficient (Wildman–Crippen LogP) is -0.362. The molecule has 0 radical (unpaired) electrons. The van der Waals surface area contributed by atoms with E-state index in [4.69, 9.17) is 5.73 Å². The zero-order valence-electron chi connectivity index (χ0n) is 19.2. The van der Waals surface area contributed by atoms with Crippen molar-refractivity contribution in [3.05, 3.63) is 35.9 Å². The summed E-state index contributed by atoms with van der Waals surface area (Å²) >= 11 is 0. The van der Waals surface area contributed by atoms with E-state index < -0.39 is 54.0 Å². The number of carboxylic acids is 1. The van der Waals surface area contributed by atoms with Crippen LogP contribution in [-0.4, -0.2) is 75.6 Å². The van der Waals surface area contributed by atoms with Crippen molar-refractivity contribution >= 4 is 23.7 Å². The summed E-state index contributed by atoms with van der Waals surface area (Å²) in [6, 6.07) is 4.82. The number of nitrogens with two attached hydrogens (primary N) is 1. The maximum atomic E-state index is 13.0. The van der Waals surface area contributed by atoms with Gasteiger partial charge in [0.15, 0.2) is 0 Å². The summed E-state index contributed by atoms with van der Waals surface area (Å²) in [5.41, 5.74) is 6.51. The van der Waals surface area contributed by atoms with Gasteiger partial charge in [0.25, 0.3) is 0 Å². The number of carbonyl (C=O) groups excluding carboxylic acids is 3. The molecule has 1 saturated heterocycles. The van der Waals surface area contributed by atoms with E-state index in [1.54, 1.807) is 38.1 Å². The van der Waals surface area contributed by atoms with Crippen LogP contribution in [0.1, 0.15) is 39.2 Å². The molecule has 2 rings (SSSR count). The van der Waals surface area contributed by atoms with Crippen molar-refractivity contribution in [2.45, 2.75) is 70.3 Å². The van der Waals surface area contributed by atoms with E-state index in [2.05, 4.69) is 10.6 Å². The van der Waals surface area contributed by atoms with Gasteiger partial charge in [0, 0.05) is 13.0 Å². The summed E-state index contributed by atoms with van der Waals surface area (Å²) in [4.78, 5) is 51.5. The Balaban J connectivity index is 2.09. The van der Waals surface area contributed by atoms with Crippen molar-refractivity contribution in [1.29, 1.82) is 0 Å². The summed E-state index contributed by atoms with van der Waals surface area (Å²) in [6.07, 6.45) is 0.0339. The van der Waals surface area contributed by atoms with Gasteiger partial charge in [-0.05, 0) is 31.2 Å². The molecule has 1 aliphatic heterocycles. The number of nitrogens with one attached hydrogen (secondary N) is 2. The first-order valence-electron chi connectivity index (χ1n) is 11.1. The third-order valence-electron chi connectivity index (χ3n) is 5.79. The molecular weight excluding hydrogens is 428 g/mol. The Morgan fingerprint density at radius 2 is 1.76 bits per heavy atom. The molecule has 0 aliphatic carbocycles. The van der Waals surface area contributed by atoms with Crippen molar-refractivity contribution < 1.29 is 29.4 Å². The van der Waals surface area contributed by atoms with Crippen LogP contribution in [0.2, 0.25) is 0 Å². The second-order valence-electron chi connectivity index (χ2n) is 8.78. The van der Waals surface area contributed by atoms with Gasteiger partial charge in [-0.25, -0.2) is 4.79 Å². The molecule has 3 amide bonds. The van der Waals surface area contributed by atoms with Gasteiger partial charge in [0.2, 0.25) is 17.7 Å². The first-order chi connectivity index (χ1) is 15.5. The molecule has 1 heterocycles. The molecule has 1 aromatic carbocycles. The largest absolute Gasteiger partial charge is 0.480 e. The fourth-order valence-electron chi connectivity index (χ4n) is 3.80.